The SMILES string of the molecule is CCc1nc2ccccc2c(=O)n1N=Cc1ccccc1OC(=O)c1ccco1. The second-order valence-corrected chi connectivity index (χ2v) is 6.16. The molecule has 7 nitrogen and oxygen atoms in total. The van der Waals surface area contributed by atoms with E-state index < -0.39 is 5.97 Å². The molecule has 0 unspecified atom stereocenters. The lowest BCUT2D eigenvalue weighted by atomic mass is 10.2. The number of furan rings is 1. The van der Waals surface area contributed by atoms with Crippen molar-refractivity contribution >= 4 is 23.1 Å². The van der Waals surface area contributed by atoms with Crippen molar-refractivity contribution in [1.82, 2.24) is 9.66 Å². The fraction of sp³-hybridized carbons (Fsp3) is 0.0909. The molecule has 29 heavy (non-hydrogen) atoms. The molecule has 0 fully saturated rings. The summed E-state index contributed by atoms with van der Waals surface area (Å²) in [5.74, 6) is 0.321. The number of aryl methyl sites for hydroxylation is 1. The van der Waals surface area contributed by atoms with Gasteiger partial charge in [0.05, 0.1) is 23.4 Å². The minimum Gasteiger partial charge on any atom is -0.457 e. The molecule has 144 valence electrons. The molecule has 2 aromatic heterocycles. The molecule has 0 atom stereocenters. The Bertz CT molecular complexity index is 1260. The Kier molecular flexibility index (Phi) is 5.03. The van der Waals surface area contributed by atoms with Crippen LogP contribution in [0, 0.1) is 0 Å². The Hall–Kier alpha value is -4.00. The summed E-state index contributed by atoms with van der Waals surface area (Å²) in [7, 11) is 0. The van der Waals surface area contributed by atoms with Crippen molar-refractivity contribution in [2.45, 2.75) is 13.3 Å². The number of hydrogen-bond donors (Lipinski definition) is 0. The van der Waals surface area contributed by atoms with E-state index in [2.05, 4.69) is 10.1 Å². The Morgan fingerprint density at radius 1 is 1.14 bits per heavy atom. The van der Waals surface area contributed by atoms with Gasteiger partial charge >= 0.3 is 5.97 Å². The number of esters is 1. The lowest BCUT2D eigenvalue weighted by Gasteiger charge is -2.08. The van der Waals surface area contributed by atoms with E-state index in [4.69, 9.17) is 9.15 Å². The van der Waals surface area contributed by atoms with Crippen LogP contribution in [0.15, 0.2) is 81.2 Å². The van der Waals surface area contributed by atoms with Crippen molar-refractivity contribution in [2.24, 2.45) is 5.10 Å². The zero-order valence-corrected chi connectivity index (χ0v) is 15.6. The summed E-state index contributed by atoms with van der Waals surface area (Å²) >= 11 is 0. The van der Waals surface area contributed by atoms with Gasteiger partial charge in [0.1, 0.15) is 11.6 Å². The van der Waals surface area contributed by atoms with Gasteiger partial charge in [0.25, 0.3) is 5.56 Å². The minimum atomic E-state index is -0.616. The lowest BCUT2D eigenvalue weighted by Crippen LogP contribution is -2.22. The molecule has 2 heterocycles. The first-order valence-electron chi connectivity index (χ1n) is 9.07. The van der Waals surface area contributed by atoms with E-state index in [-0.39, 0.29) is 11.3 Å². The standard InChI is InChI=1S/C22H17N3O4/c1-2-20-24-17-10-5-4-9-16(17)21(26)25(20)23-14-15-8-3-6-11-18(15)29-22(27)19-12-7-13-28-19/h3-14H,2H2,1H3. The average Bonchev–Trinajstić information content (AvgIpc) is 3.29. The van der Waals surface area contributed by atoms with Gasteiger partial charge in [-0.1, -0.05) is 31.2 Å². The highest BCUT2D eigenvalue weighted by molar-refractivity contribution is 5.91. The molecule has 0 bridgehead atoms. The molecule has 0 saturated heterocycles. The first-order chi connectivity index (χ1) is 14.2. The third kappa shape index (κ3) is 3.70. The zero-order valence-electron chi connectivity index (χ0n) is 15.6. The van der Waals surface area contributed by atoms with Crippen molar-refractivity contribution in [3.05, 3.63) is 94.4 Å². The Balaban J connectivity index is 1.71. The summed E-state index contributed by atoms with van der Waals surface area (Å²) in [5.41, 5.74) is 0.914. The summed E-state index contributed by atoms with van der Waals surface area (Å²) in [6, 6.07) is 17.2. The van der Waals surface area contributed by atoms with Crippen molar-refractivity contribution in [1.29, 1.82) is 0 Å². The molecule has 0 aliphatic heterocycles. The fourth-order valence-corrected chi connectivity index (χ4v) is 2.86. The third-order valence-electron chi connectivity index (χ3n) is 4.29. The zero-order chi connectivity index (χ0) is 20.2. The van der Waals surface area contributed by atoms with Crippen molar-refractivity contribution < 1.29 is 13.9 Å². The minimum absolute atomic E-state index is 0.0972. The first-order valence-corrected chi connectivity index (χ1v) is 9.07. The Morgan fingerprint density at radius 2 is 1.93 bits per heavy atom. The van der Waals surface area contributed by atoms with Gasteiger partial charge in [-0.3, -0.25) is 4.79 Å². The van der Waals surface area contributed by atoms with Crippen LogP contribution in [-0.4, -0.2) is 21.8 Å². The van der Waals surface area contributed by atoms with E-state index in [1.165, 1.54) is 23.2 Å². The van der Waals surface area contributed by atoms with Crippen molar-refractivity contribution in [3.63, 3.8) is 0 Å². The van der Waals surface area contributed by atoms with Gasteiger partial charge in [-0.15, -0.1) is 0 Å². The predicted molar refractivity (Wildman–Crippen MR) is 108 cm³/mol. The number of aromatic nitrogens is 2. The normalized spacial score (nSPS) is 11.2. The van der Waals surface area contributed by atoms with Crippen LogP contribution >= 0.6 is 0 Å². The molecule has 0 radical (unpaired) electrons. The monoisotopic (exact) mass is 387 g/mol. The number of rotatable bonds is 5. The maximum Gasteiger partial charge on any atom is 0.379 e. The smallest absolute Gasteiger partial charge is 0.379 e. The van der Waals surface area contributed by atoms with Gasteiger partial charge in [-0.2, -0.15) is 9.78 Å². The van der Waals surface area contributed by atoms with Gasteiger partial charge in [0, 0.05) is 12.0 Å². The second-order valence-electron chi connectivity index (χ2n) is 6.16. The van der Waals surface area contributed by atoms with Gasteiger partial charge in [0.2, 0.25) is 5.76 Å². The fourth-order valence-electron chi connectivity index (χ4n) is 2.86. The molecule has 2 aromatic carbocycles. The summed E-state index contributed by atoms with van der Waals surface area (Å²) in [6.45, 7) is 1.90. The molecule has 0 aliphatic carbocycles. The summed E-state index contributed by atoms with van der Waals surface area (Å²) in [6.07, 6.45) is 3.41. The van der Waals surface area contributed by atoms with Gasteiger partial charge in [0.15, 0.2) is 0 Å². The van der Waals surface area contributed by atoms with Crippen LogP contribution in [0.2, 0.25) is 0 Å². The molecule has 7 heteroatoms. The number of nitrogens with zero attached hydrogens (tertiary/aromatic N) is 3. The lowest BCUT2D eigenvalue weighted by molar-refractivity contribution is 0.0701. The highest BCUT2D eigenvalue weighted by Gasteiger charge is 2.14. The number of carbonyl (C=O) groups is 1. The molecular weight excluding hydrogens is 370 g/mol. The molecule has 4 rings (SSSR count). The van der Waals surface area contributed by atoms with Crippen LogP contribution in [-0.2, 0) is 6.42 Å². The van der Waals surface area contributed by atoms with Crippen LogP contribution in [0.25, 0.3) is 10.9 Å². The Morgan fingerprint density at radius 3 is 2.72 bits per heavy atom. The van der Waals surface area contributed by atoms with Crippen LogP contribution in [0.5, 0.6) is 5.75 Å². The quantitative estimate of drug-likeness (QED) is 0.296. The van der Waals surface area contributed by atoms with E-state index >= 15 is 0 Å². The topological polar surface area (TPSA) is 86.7 Å². The van der Waals surface area contributed by atoms with E-state index in [1.54, 1.807) is 48.5 Å². The highest BCUT2D eigenvalue weighted by Crippen LogP contribution is 2.18. The number of para-hydroxylation sites is 2. The summed E-state index contributed by atoms with van der Waals surface area (Å²) in [4.78, 5) is 29.6. The van der Waals surface area contributed by atoms with Gasteiger partial charge < -0.3 is 9.15 Å². The van der Waals surface area contributed by atoms with Crippen molar-refractivity contribution in [3.8, 4) is 5.75 Å². The largest absolute Gasteiger partial charge is 0.457 e. The van der Waals surface area contributed by atoms with E-state index in [1.807, 2.05) is 13.0 Å². The molecule has 0 spiro atoms. The van der Waals surface area contributed by atoms with Crippen LogP contribution in [0.4, 0.5) is 0 Å². The number of ether oxygens (including phenoxy) is 1. The average molecular weight is 387 g/mol. The number of benzene rings is 2. The number of fused-ring (bicyclic) bond motifs is 1. The number of hydrogen-bond acceptors (Lipinski definition) is 6. The van der Waals surface area contributed by atoms with Crippen LogP contribution < -0.4 is 10.3 Å². The summed E-state index contributed by atoms with van der Waals surface area (Å²) in [5, 5.41) is 4.82. The van der Waals surface area contributed by atoms with E-state index in [0.717, 1.165) is 0 Å². The molecular formula is C22H17N3O4. The third-order valence-corrected chi connectivity index (χ3v) is 4.29. The molecule has 0 aliphatic rings. The molecule has 0 saturated carbocycles. The molecule has 0 N–H and O–H groups in total. The van der Waals surface area contributed by atoms with Gasteiger partial charge in [-0.05, 0) is 36.4 Å². The summed E-state index contributed by atoms with van der Waals surface area (Å²) < 4.78 is 11.7. The second kappa shape index (κ2) is 7.93. The molecule has 0 amide bonds. The first kappa shape index (κ1) is 18.4. The predicted octanol–water partition coefficient (Wildman–Crippen LogP) is 3.65. The van der Waals surface area contributed by atoms with Crippen molar-refractivity contribution in [2.75, 3.05) is 0 Å². The van der Waals surface area contributed by atoms with Gasteiger partial charge in [-0.25, -0.2) is 9.78 Å². The maximum atomic E-state index is 12.9. The van der Waals surface area contributed by atoms with Crippen LogP contribution in [0.1, 0.15) is 28.9 Å². The Labute approximate surface area is 165 Å². The van der Waals surface area contributed by atoms with E-state index in [0.29, 0.717) is 34.5 Å². The van der Waals surface area contributed by atoms with E-state index in [9.17, 15) is 9.59 Å². The molecule has 4 aromatic rings. The highest BCUT2D eigenvalue weighted by atomic mass is 16.5. The van der Waals surface area contributed by atoms with Crippen LogP contribution in [0.3, 0.4) is 0 Å². The number of carbonyl (C=O) groups excluding carboxylic acids is 1. The maximum absolute atomic E-state index is 12.9.